The van der Waals surface area contributed by atoms with E-state index >= 15 is 0 Å². The molecule has 1 amide bonds. The first-order chi connectivity index (χ1) is 6.94. The zero-order valence-corrected chi connectivity index (χ0v) is 8.79. The number of allylic oxidation sites excluding steroid dienone is 1. The Morgan fingerprint density at radius 3 is 2.73 bits per heavy atom. The minimum absolute atomic E-state index is 0.298. The lowest BCUT2D eigenvalue weighted by molar-refractivity contribution is -0.147. The summed E-state index contributed by atoms with van der Waals surface area (Å²) in [5, 5.41) is 2.52. The summed E-state index contributed by atoms with van der Waals surface area (Å²) in [7, 11) is 1.27. The van der Waals surface area contributed by atoms with Crippen molar-refractivity contribution >= 4 is 11.9 Å². The molecule has 15 heavy (non-hydrogen) atoms. The van der Waals surface area contributed by atoms with Gasteiger partial charge in [-0.3, -0.25) is 4.79 Å². The molecule has 1 N–H and O–H groups in total. The summed E-state index contributed by atoms with van der Waals surface area (Å²) in [6, 6.07) is 0. The molecule has 1 aliphatic rings. The number of esters is 1. The Labute approximate surface area is 88.3 Å². The molecule has 4 heteroatoms. The fourth-order valence-electron chi connectivity index (χ4n) is 1.38. The highest BCUT2D eigenvalue weighted by molar-refractivity contribution is 6.04. The minimum Gasteiger partial charge on any atom is -0.467 e. The molecule has 80 valence electrons. The van der Waals surface area contributed by atoms with Gasteiger partial charge in [-0.1, -0.05) is 19.2 Å². The highest BCUT2D eigenvalue weighted by Gasteiger charge is 2.38. The van der Waals surface area contributed by atoms with Crippen molar-refractivity contribution in [3.8, 4) is 0 Å². The van der Waals surface area contributed by atoms with Gasteiger partial charge < -0.3 is 10.1 Å². The average Bonchev–Trinajstić information content (AvgIpc) is 2.22. The first-order valence-corrected chi connectivity index (χ1v) is 4.40. The van der Waals surface area contributed by atoms with Crippen molar-refractivity contribution in [2.24, 2.45) is 0 Å². The van der Waals surface area contributed by atoms with Crippen LogP contribution >= 0.6 is 0 Å². The molecule has 0 aromatic carbocycles. The SMILES string of the molecule is C=CC1=CC(C)(C(=O)OC)NC(=O)C1=C. The van der Waals surface area contributed by atoms with Crippen LogP contribution in [0.25, 0.3) is 0 Å². The number of hydrogen-bond acceptors (Lipinski definition) is 3. The maximum absolute atomic E-state index is 11.5. The van der Waals surface area contributed by atoms with E-state index in [0.717, 1.165) is 0 Å². The van der Waals surface area contributed by atoms with E-state index in [-0.39, 0.29) is 5.91 Å². The van der Waals surface area contributed by atoms with Gasteiger partial charge in [-0.05, 0) is 18.6 Å². The largest absolute Gasteiger partial charge is 0.467 e. The van der Waals surface area contributed by atoms with Crippen LogP contribution in [-0.4, -0.2) is 24.5 Å². The second-order valence-corrected chi connectivity index (χ2v) is 3.43. The third kappa shape index (κ3) is 1.83. The number of amides is 1. The molecule has 1 heterocycles. The molecule has 0 saturated carbocycles. The Hall–Kier alpha value is -1.84. The smallest absolute Gasteiger partial charge is 0.335 e. The van der Waals surface area contributed by atoms with Crippen LogP contribution in [0.4, 0.5) is 0 Å². The number of rotatable bonds is 2. The van der Waals surface area contributed by atoms with Gasteiger partial charge in [-0.2, -0.15) is 0 Å². The summed E-state index contributed by atoms with van der Waals surface area (Å²) >= 11 is 0. The maximum Gasteiger partial charge on any atom is 0.335 e. The molecule has 0 saturated heterocycles. The van der Waals surface area contributed by atoms with Crippen LogP contribution in [0.3, 0.4) is 0 Å². The van der Waals surface area contributed by atoms with Crippen molar-refractivity contribution in [1.82, 2.24) is 5.32 Å². The van der Waals surface area contributed by atoms with E-state index in [1.54, 1.807) is 13.0 Å². The molecule has 1 rings (SSSR count). The topological polar surface area (TPSA) is 55.4 Å². The molecule has 0 aromatic rings. The van der Waals surface area contributed by atoms with Gasteiger partial charge in [0.1, 0.15) is 0 Å². The van der Waals surface area contributed by atoms with Crippen molar-refractivity contribution in [1.29, 1.82) is 0 Å². The van der Waals surface area contributed by atoms with Crippen LogP contribution in [-0.2, 0) is 14.3 Å². The number of carbonyl (C=O) groups is 2. The quantitative estimate of drug-likeness (QED) is 0.536. The number of methoxy groups -OCH3 is 1. The fourth-order valence-corrected chi connectivity index (χ4v) is 1.38. The molecular weight excluding hydrogens is 194 g/mol. The maximum atomic E-state index is 11.5. The second-order valence-electron chi connectivity index (χ2n) is 3.43. The predicted molar refractivity (Wildman–Crippen MR) is 56.0 cm³/mol. The van der Waals surface area contributed by atoms with Gasteiger partial charge in [-0.15, -0.1) is 0 Å². The minimum atomic E-state index is -1.14. The van der Waals surface area contributed by atoms with E-state index in [0.29, 0.717) is 11.1 Å². The highest BCUT2D eigenvalue weighted by Crippen LogP contribution is 2.22. The summed E-state index contributed by atoms with van der Waals surface area (Å²) in [4.78, 5) is 22.9. The monoisotopic (exact) mass is 207 g/mol. The van der Waals surface area contributed by atoms with Gasteiger partial charge >= 0.3 is 5.97 Å². The first kappa shape index (κ1) is 11.2. The van der Waals surface area contributed by atoms with E-state index in [1.807, 2.05) is 0 Å². The van der Waals surface area contributed by atoms with E-state index in [1.165, 1.54) is 13.2 Å². The van der Waals surface area contributed by atoms with Crippen molar-refractivity contribution in [2.45, 2.75) is 12.5 Å². The van der Waals surface area contributed by atoms with Gasteiger partial charge in [0.05, 0.1) is 7.11 Å². The molecule has 1 unspecified atom stereocenters. The van der Waals surface area contributed by atoms with Crippen molar-refractivity contribution in [3.63, 3.8) is 0 Å². The summed E-state index contributed by atoms with van der Waals surface area (Å²) in [6.45, 7) is 8.72. The summed E-state index contributed by atoms with van der Waals surface area (Å²) in [5.74, 6) is -0.914. The summed E-state index contributed by atoms with van der Waals surface area (Å²) in [5.41, 5.74) is -0.297. The Bertz CT molecular complexity index is 381. The van der Waals surface area contributed by atoms with E-state index in [4.69, 9.17) is 0 Å². The number of nitrogens with one attached hydrogen (secondary N) is 1. The fraction of sp³-hybridized carbons (Fsp3) is 0.273. The molecular formula is C11H13NO3. The molecule has 0 bridgehead atoms. The lowest BCUT2D eigenvalue weighted by Gasteiger charge is -2.30. The van der Waals surface area contributed by atoms with E-state index in [2.05, 4.69) is 23.2 Å². The van der Waals surface area contributed by atoms with Gasteiger partial charge in [0, 0.05) is 5.57 Å². The zero-order chi connectivity index (χ0) is 11.6. The molecule has 1 aliphatic heterocycles. The third-order valence-electron chi connectivity index (χ3n) is 2.27. The number of ether oxygens (including phenoxy) is 1. The van der Waals surface area contributed by atoms with Gasteiger partial charge in [0.15, 0.2) is 5.54 Å². The molecule has 0 aliphatic carbocycles. The van der Waals surface area contributed by atoms with Crippen LogP contribution in [0.1, 0.15) is 6.92 Å². The number of hydrogen-bond donors (Lipinski definition) is 1. The highest BCUT2D eigenvalue weighted by atomic mass is 16.5. The predicted octanol–water partition coefficient (Wildman–Crippen LogP) is 0.716. The van der Waals surface area contributed by atoms with Crippen LogP contribution < -0.4 is 5.32 Å². The lowest BCUT2D eigenvalue weighted by atomic mass is 9.90. The average molecular weight is 207 g/mol. The van der Waals surface area contributed by atoms with Crippen LogP contribution in [0.2, 0.25) is 0 Å². The Kier molecular flexibility index (Phi) is 2.79. The van der Waals surface area contributed by atoms with Gasteiger partial charge in [-0.25, -0.2) is 4.79 Å². The van der Waals surface area contributed by atoms with Crippen LogP contribution in [0, 0.1) is 0 Å². The van der Waals surface area contributed by atoms with E-state index in [9.17, 15) is 9.59 Å². The van der Waals surface area contributed by atoms with E-state index < -0.39 is 11.5 Å². The van der Waals surface area contributed by atoms with Crippen molar-refractivity contribution in [2.75, 3.05) is 7.11 Å². The van der Waals surface area contributed by atoms with Crippen molar-refractivity contribution < 1.29 is 14.3 Å². The normalized spacial score (nSPS) is 25.3. The third-order valence-corrected chi connectivity index (χ3v) is 2.27. The first-order valence-electron chi connectivity index (χ1n) is 4.40. The Morgan fingerprint density at radius 1 is 1.67 bits per heavy atom. The molecule has 0 spiro atoms. The molecule has 1 atom stereocenters. The molecule has 0 aromatic heterocycles. The second kappa shape index (κ2) is 3.73. The zero-order valence-electron chi connectivity index (χ0n) is 8.79. The van der Waals surface area contributed by atoms with Gasteiger partial charge in [0.2, 0.25) is 0 Å². The Balaban J connectivity index is 3.20. The van der Waals surface area contributed by atoms with Gasteiger partial charge in [0.25, 0.3) is 5.91 Å². The summed E-state index contributed by atoms with van der Waals surface area (Å²) in [6.07, 6.45) is 3.07. The summed E-state index contributed by atoms with van der Waals surface area (Å²) < 4.78 is 4.61. The number of carbonyl (C=O) groups excluding carboxylic acids is 2. The van der Waals surface area contributed by atoms with Crippen molar-refractivity contribution in [3.05, 3.63) is 36.5 Å². The van der Waals surface area contributed by atoms with Crippen LogP contribution in [0.5, 0.6) is 0 Å². The molecule has 0 fully saturated rings. The Morgan fingerprint density at radius 2 is 2.27 bits per heavy atom. The lowest BCUT2D eigenvalue weighted by Crippen LogP contribution is -2.54. The van der Waals surface area contributed by atoms with Crippen LogP contribution in [0.15, 0.2) is 36.5 Å². The molecule has 4 nitrogen and oxygen atoms in total. The molecule has 0 radical (unpaired) electrons. The standard InChI is InChI=1S/C11H13NO3/c1-5-8-6-11(3,10(14)15-4)12-9(13)7(8)2/h5-6H,1-2H2,3-4H3,(H,12,13).